The molecule has 0 fully saturated rings. The maximum atomic E-state index is 12.3. The molecule has 1 aromatic heterocycles. The van der Waals surface area contributed by atoms with Gasteiger partial charge in [-0.3, -0.25) is 5.14 Å². The van der Waals surface area contributed by atoms with E-state index >= 15 is 0 Å². The third kappa shape index (κ3) is 7.07. The molecule has 1 heterocycles. The van der Waals surface area contributed by atoms with Crippen molar-refractivity contribution in [3.05, 3.63) is 85.1 Å². The summed E-state index contributed by atoms with van der Waals surface area (Å²) in [5.41, 5.74) is 3.41. The molecule has 3 aromatic carbocycles. The third-order valence-corrected chi connectivity index (χ3v) is 6.47. The number of rotatable bonds is 9. The van der Waals surface area contributed by atoms with Crippen molar-refractivity contribution in [2.24, 2.45) is 5.14 Å². The van der Waals surface area contributed by atoms with Crippen molar-refractivity contribution in [3.63, 3.8) is 0 Å². The zero-order valence-corrected chi connectivity index (χ0v) is 21.5. The molecule has 0 bridgehead atoms. The first-order chi connectivity index (χ1) is 18.2. The van der Waals surface area contributed by atoms with Crippen LogP contribution in [0.3, 0.4) is 0 Å². The molecule has 4 aromatic rings. The minimum absolute atomic E-state index is 0.0952. The summed E-state index contributed by atoms with van der Waals surface area (Å²) in [6, 6.07) is 22.5. The highest BCUT2D eigenvalue weighted by Gasteiger charge is 2.13. The van der Waals surface area contributed by atoms with Crippen molar-refractivity contribution in [2.45, 2.75) is 17.9 Å². The number of benzene rings is 3. The van der Waals surface area contributed by atoms with Crippen LogP contribution in [0.4, 0.5) is 33.6 Å². The number of aliphatic hydroxyl groups excluding tert-OH is 1. The van der Waals surface area contributed by atoms with Crippen molar-refractivity contribution in [2.75, 3.05) is 27.9 Å². The van der Waals surface area contributed by atoms with Crippen LogP contribution in [0.5, 0.6) is 0 Å². The molecular weight excluding hydrogens is 502 g/mol. The Morgan fingerprint density at radius 2 is 1.66 bits per heavy atom. The Balaban J connectivity index is 1.54. The maximum Gasteiger partial charge on any atom is 0.323 e. The summed E-state index contributed by atoms with van der Waals surface area (Å²) >= 11 is 0. The fourth-order valence-corrected chi connectivity index (χ4v) is 4.14. The van der Waals surface area contributed by atoms with Crippen LogP contribution in [0, 0.1) is 0 Å². The van der Waals surface area contributed by atoms with E-state index in [0.29, 0.717) is 39.3 Å². The van der Waals surface area contributed by atoms with Gasteiger partial charge in [-0.25, -0.2) is 14.0 Å². The van der Waals surface area contributed by atoms with Gasteiger partial charge in [-0.1, -0.05) is 36.4 Å². The second kappa shape index (κ2) is 11.7. The van der Waals surface area contributed by atoms with Crippen molar-refractivity contribution in [1.82, 2.24) is 9.97 Å². The number of hydrogen-bond donors (Lipinski definition) is 6. The van der Waals surface area contributed by atoms with Crippen molar-refractivity contribution in [1.29, 1.82) is 0 Å². The van der Waals surface area contributed by atoms with Gasteiger partial charge in [0, 0.05) is 39.8 Å². The molecule has 196 valence electrons. The number of carbonyl (C=O) groups excluding carboxylic acids is 1. The number of hydrogen-bond acceptors (Lipinski definition) is 7. The molecule has 0 aliphatic heterocycles. The lowest BCUT2D eigenvalue weighted by Gasteiger charge is -2.17. The van der Waals surface area contributed by atoms with E-state index in [1.165, 1.54) is 0 Å². The van der Waals surface area contributed by atoms with Crippen LogP contribution < -0.4 is 26.4 Å². The standard InChI is InChI=1S/C27H29N7O3S/c1-18(17-35)30-25-24(16-29-26(34-25)31-22-9-6-10-23(15-22)38(2,28)37)19-11-13-21(14-12-19)33-27(36)32-20-7-4-3-5-8-20/h3-16,18,35H,2,17H2,1H3,(H2,28,37)(H2,32,33,36)(H2,29,30,31,34)/t18-,38?/m1/s1. The van der Waals surface area contributed by atoms with Gasteiger partial charge >= 0.3 is 6.03 Å². The Morgan fingerprint density at radius 3 is 2.32 bits per heavy atom. The SMILES string of the molecule is C=S(N)(=O)c1cccc(Nc2ncc(-c3ccc(NC(=O)Nc4ccccc4)cc3)c(N[C@H](C)CO)n2)c1. The van der Waals surface area contributed by atoms with E-state index in [9.17, 15) is 14.1 Å². The van der Waals surface area contributed by atoms with Crippen LogP contribution in [0.1, 0.15) is 6.92 Å². The largest absolute Gasteiger partial charge is 0.394 e. The summed E-state index contributed by atoms with van der Waals surface area (Å²) in [5, 5.41) is 27.1. The summed E-state index contributed by atoms with van der Waals surface area (Å²) in [6.07, 6.45) is 1.66. The van der Waals surface area contributed by atoms with E-state index in [0.717, 1.165) is 5.56 Å². The van der Waals surface area contributed by atoms with Gasteiger partial charge in [0.05, 0.1) is 16.3 Å². The van der Waals surface area contributed by atoms with Crippen LogP contribution in [0.15, 0.2) is 90.0 Å². The van der Waals surface area contributed by atoms with Gasteiger partial charge in [-0.05, 0) is 60.8 Å². The molecule has 0 saturated heterocycles. The number of nitrogens with two attached hydrogens (primary N) is 1. The number of aromatic nitrogens is 2. The van der Waals surface area contributed by atoms with Gasteiger partial charge in [0.15, 0.2) is 0 Å². The monoisotopic (exact) mass is 531 g/mol. The van der Waals surface area contributed by atoms with Gasteiger partial charge in [0.25, 0.3) is 0 Å². The van der Waals surface area contributed by atoms with Crippen molar-refractivity contribution in [3.8, 4) is 11.1 Å². The maximum absolute atomic E-state index is 12.3. The first-order valence-electron chi connectivity index (χ1n) is 11.7. The molecular formula is C27H29N7O3S. The highest BCUT2D eigenvalue weighted by atomic mass is 32.2. The molecule has 0 radical (unpaired) electrons. The van der Waals surface area contributed by atoms with E-state index < -0.39 is 9.71 Å². The Hall–Kier alpha value is -4.45. The number of carbonyl (C=O) groups is 1. The highest BCUT2D eigenvalue weighted by molar-refractivity contribution is 7.98. The molecule has 1 unspecified atom stereocenters. The molecule has 7 N–H and O–H groups in total. The summed E-state index contributed by atoms with van der Waals surface area (Å²) in [7, 11) is -2.87. The summed E-state index contributed by atoms with van der Waals surface area (Å²) in [5.74, 6) is 4.31. The molecule has 2 amide bonds. The van der Waals surface area contributed by atoms with E-state index in [1.807, 2.05) is 37.3 Å². The van der Waals surface area contributed by atoms with Crippen LogP contribution in [-0.4, -0.2) is 43.8 Å². The van der Waals surface area contributed by atoms with Crippen LogP contribution >= 0.6 is 0 Å². The van der Waals surface area contributed by atoms with Gasteiger partial charge < -0.3 is 26.4 Å². The van der Waals surface area contributed by atoms with E-state index in [1.54, 1.807) is 54.7 Å². The molecule has 0 aliphatic rings. The lowest BCUT2D eigenvalue weighted by molar-refractivity contribution is 0.262. The zero-order valence-electron chi connectivity index (χ0n) is 20.7. The average molecular weight is 532 g/mol. The highest BCUT2D eigenvalue weighted by Crippen LogP contribution is 2.29. The molecule has 38 heavy (non-hydrogen) atoms. The number of urea groups is 1. The predicted octanol–water partition coefficient (Wildman–Crippen LogP) is 4.27. The molecule has 0 saturated carbocycles. The molecule has 0 aliphatic carbocycles. The molecule has 4 rings (SSSR count). The third-order valence-electron chi connectivity index (χ3n) is 5.42. The first-order valence-corrected chi connectivity index (χ1v) is 13.5. The van der Waals surface area contributed by atoms with E-state index in [4.69, 9.17) is 5.14 Å². The number of nitrogens with zero attached hydrogens (tertiary/aromatic N) is 2. The van der Waals surface area contributed by atoms with Gasteiger partial charge in [0.1, 0.15) is 5.82 Å². The second-order valence-corrected chi connectivity index (χ2v) is 10.5. The van der Waals surface area contributed by atoms with Gasteiger partial charge in [0.2, 0.25) is 5.95 Å². The quantitative estimate of drug-likeness (QED) is 0.176. The Morgan fingerprint density at radius 1 is 1.00 bits per heavy atom. The number of anilines is 5. The minimum Gasteiger partial charge on any atom is -0.394 e. The van der Waals surface area contributed by atoms with Crippen LogP contribution in [-0.2, 0) is 9.71 Å². The molecule has 0 spiro atoms. The van der Waals surface area contributed by atoms with E-state index in [-0.39, 0.29) is 18.7 Å². The molecule has 10 nitrogen and oxygen atoms in total. The average Bonchev–Trinajstić information content (AvgIpc) is 2.89. The zero-order chi connectivity index (χ0) is 27.1. The Bertz CT molecular complexity index is 1510. The first kappa shape index (κ1) is 26.6. The summed E-state index contributed by atoms with van der Waals surface area (Å²) in [4.78, 5) is 21.7. The lowest BCUT2D eigenvalue weighted by atomic mass is 10.1. The van der Waals surface area contributed by atoms with Crippen molar-refractivity contribution < 1.29 is 14.1 Å². The minimum atomic E-state index is -2.87. The number of para-hydroxylation sites is 1. The fourth-order valence-electron chi connectivity index (χ4n) is 3.51. The van der Waals surface area contributed by atoms with Crippen LogP contribution in [0.2, 0.25) is 0 Å². The number of nitrogens with one attached hydrogen (secondary N) is 4. The smallest absolute Gasteiger partial charge is 0.323 e. The molecule has 2 atom stereocenters. The Kier molecular flexibility index (Phi) is 8.22. The second-order valence-electron chi connectivity index (χ2n) is 8.59. The fraction of sp³-hybridized carbons (Fsp3) is 0.111. The summed E-state index contributed by atoms with van der Waals surface area (Å²) < 4.78 is 12.1. The van der Waals surface area contributed by atoms with E-state index in [2.05, 4.69) is 37.1 Å². The Labute approximate surface area is 221 Å². The van der Waals surface area contributed by atoms with Gasteiger partial charge in [-0.2, -0.15) is 4.98 Å². The lowest BCUT2D eigenvalue weighted by Crippen LogP contribution is -2.21. The van der Waals surface area contributed by atoms with Gasteiger partial charge in [-0.15, -0.1) is 0 Å². The summed E-state index contributed by atoms with van der Waals surface area (Å²) in [6.45, 7) is 1.73. The number of aliphatic hydroxyl groups is 1. The van der Waals surface area contributed by atoms with Crippen LogP contribution in [0.25, 0.3) is 11.1 Å². The molecule has 11 heteroatoms. The number of amides is 2. The normalized spacial score (nSPS) is 13.1. The predicted molar refractivity (Wildman–Crippen MR) is 154 cm³/mol. The topological polar surface area (TPSA) is 154 Å². The van der Waals surface area contributed by atoms with Crippen molar-refractivity contribution >= 4 is 50.4 Å².